The summed E-state index contributed by atoms with van der Waals surface area (Å²) in [5.74, 6) is 5.59. The van der Waals surface area contributed by atoms with Crippen molar-refractivity contribution in [1.29, 1.82) is 0 Å². The van der Waals surface area contributed by atoms with Gasteiger partial charge in [0.05, 0.1) is 0 Å². The molecule has 0 amide bonds. The number of rotatable bonds is 8. The highest BCUT2D eigenvalue weighted by Crippen LogP contribution is 2.68. The fourth-order valence-corrected chi connectivity index (χ4v) is 11.6. The molecular weight excluding hydrogens is 613 g/mol. The SMILES string of the molecule is C=CCCCCCC(C)(C1C2C=C(C(C)(C)C)C=CC2C2C=CC(C(C)(C)C)=CC21)C1C2C=C(C(C)(C)C)C=CC2C2C=CC(C(C)(C)C)=CC21. The minimum atomic E-state index is 0.143. The number of hydrogen-bond acceptors (Lipinski definition) is 0. The molecule has 8 unspecified atom stereocenters. The maximum atomic E-state index is 4.07. The van der Waals surface area contributed by atoms with Crippen molar-refractivity contribution >= 4 is 0 Å². The number of hydrogen-bond donors (Lipinski definition) is 0. The molecule has 6 aliphatic carbocycles. The van der Waals surface area contributed by atoms with E-state index in [-0.39, 0.29) is 27.1 Å². The summed E-state index contributed by atoms with van der Waals surface area (Å²) in [6, 6.07) is 0. The maximum absolute atomic E-state index is 4.07. The first-order valence-electron chi connectivity index (χ1n) is 20.9. The van der Waals surface area contributed by atoms with Gasteiger partial charge in [-0.25, -0.2) is 0 Å². The van der Waals surface area contributed by atoms with Gasteiger partial charge in [0.15, 0.2) is 0 Å². The van der Waals surface area contributed by atoms with Crippen LogP contribution in [0.3, 0.4) is 0 Å². The minimum Gasteiger partial charge on any atom is -0.103 e. The number of unbranched alkanes of at least 4 members (excludes halogenated alkanes) is 3. The molecule has 2 fully saturated rings. The molecule has 0 spiro atoms. The van der Waals surface area contributed by atoms with Crippen molar-refractivity contribution in [2.75, 3.05) is 0 Å². The highest BCUT2D eigenvalue weighted by molar-refractivity contribution is 5.43. The summed E-state index contributed by atoms with van der Waals surface area (Å²) < 4.78 is 0. The van der Waals surface area contributed by atoms with Gasteiger partial charge in [-0.2, -0.15) is 0 Å². The summed E-state index contributed by atoms with van der Waals surface area (Å²) in [5.41, 5.74) is 6.89. The average Bonchev–Trinajstić information content (AvgIpc) is 3.55. The molecule has 278 valence electrons. The molecule has 0 heterocycles. The Labute approximate surface area is 315 Å². The first kappa shape index (κ1) is 38.4. The molecule has 2 saturated carbocycles. The second-order valence-electron chi connectivity index (χ2n) is 22.0. The monoisotopic (exact) mass is 687 g/mol. The van der Waals surface area contributed by atoms with Crippen LogP contribution in [0, 0.1) is 86.3 Å². The van der Waals surface area contributed by atoms with Crippen LogP contribution in [-0.4, -0.2) is 0 Å². The van der Waals surface area contributed by atoms with Gasteiger partial charge in [-0.1, -0.05) is 182 Å². The Kier molecular flexibility index (Phi) is 10.2. The quantitative estimate of drug-likeness (QED) is 0.176. The third-order valence-electron chi connectivity index (χ3n) is 14.4. The molecule has 0 nitrogen and oxygen atoms in total. The molecule has 0 aliphatic heterocycles. The highest BCUT2D eigenvalue weighted by Gasteiger charge is 2.62. The van der Waals surface area contributed by atoms with Crippen molar-refractivity contribution in [1.82, 2.24) is 0 Å². The standard InChI is InChI=1S/C51H74/c1-15-16-17-18-19-28-51(14,45-41-29-33(47(2,3)4)20-24-37(41)38-25-21-34(30-42(38)45)48(5,6)7)46-43-31-35(49(8,9)10)22-26-39(43)40-27-23-36(32-44(40)46)50(11,12)13/h15,20-27,29-32,37-46H,1,16-19,28H2,2-14H3. The summed E-state index contributed by atoms with van der Waals surface area (Å²) in [6.07, 6.45) is 40.3. The third-order valence-corrected chi connectivity index (χ3v) is 14.4. The lowest BCUT2D eigenvalue weighted by molar-refractivity contribution is 0.00928. The minimum absolute atomic E-state index is 0.143. The Morgan fingerprint density at radius 1 is 0.431 bits per heavy atom. The van der Waals surface area contributed by atoms with Crippen LogP contribution in [0.4, 0.5) is 0 Å². The van der Waals surface area contributed by atoms with Crippen LogP contribution in [0.15, 0.2) is 108 Å². The van der Waals surface area contributed by atoms with Gasteiger partial charge in [-0.15, -0.1) is 6.58 Å². The van der Waals surface area contributed by atoms with Crippen LogP contribution in [0.2, 0.25) is 0 Å². The normalized spacial score (nSPS) is 35.5. The zero-order valence-electron chi connectivity index (χ0n) is 35.0. The van der Waals surface area contributed by atoms with Crippen LogP contribution >= 0.6 is 0 Å². The molecule has 0 N–H and O–H groups in total. The van der Waals surface area contributed by atoms with Crippen LogP contribution in [0.5, 0.6) is 0 Å². The zero-order chi connectivity index (χ0) is 37.3. The molecule has 6 rings (SSSR count). The topological polar surface area (TPSA) is 0 Å². The molecule has 0 bridgehead atoms. The zero-order valence-corrected chi connectivity index (χ0v) is 35.0. The Morgan fingerprint density at radius 3 is 0.980 bits per heavy atom. The smallest absolute Gasteiger partial charge is 0.00952 e. The molecule has 51 heavy (non-hydrogen) atoms. The van der Waals surface area contributed by atoms with Gasteiger partial charge >= 0.3 is 0 Å². The Bertz CT molecular complexity index is 1360. The van der Waals surface area contributed by atoms with Crippen LogP contribution < -0.4 is 0 Å². The summed E-state index contributed by atoms with van der Waals surface area (Å²) in [4.78, 5) is 0. The summed E-state index contributed by atoms with van der Waals surface area (Å²) >= 11 is 0. The molecule has 0 aromatic rings. The van der Waals surface area contributed by atoms with Crippen LogP contribution in [0.1, 0.15) is 122 Å². The average molecular weight is 687 g/mol. The van der Waals surface area contributed by atoms with E-state index in [2.05, 4.69) is 176 Å². The Balaban J connectivity index is 1.58. The van der Waals surface area contributed by atoms with Gasteiger partial charge in [-0.3, -0.25) is 0 Å². The van der Waals surface area contributed by atoms with Gasteiger partial charge in [0.1, 0.15) is 0 Å². The first-order valence-corrected chi connectivity index (χ1v) is 20.9. The second-order valence-corrected chi connectivity index (χ2v) is 22.0. The Morgan fingerprint density at radius 2 is 0.725 bits per heavy atom. The van der Waals surface area contributed by atoms with Crippen molar-refractivity contribution in [2.45, 2.75) is 122 Å². The largest absolute Gasteiger partial charge is 0.103 e. The van der Waals surface area contributed by atoms with Crippen molar-refractivity contribution in [3.8, 4) is 0 Å². The van der Waals surface area contributed by atoms with Gasteiger partial charge in [0, 0.05) is 0 Å². The van der Waals surface area contributed by atoms with Crippen LogP contribution in [0.25, 0.3) is 0 Å². The molecule has 0 radical (unpaired) electrons. The first-order chi connectivity index (χ1) is 23.7. The van der Waals surface area contributed by atoms with Gasteiger partial charge in [0.25, 0.3) is 0 Å². The van der Waals surface area contributed by atoms with Crippen molar-refractivity contribution in [3.63, 3.8) is 0 Å². The molecule has 6 aliphatic rings. The van der Waals surface area contributed by atoms with Crippen molar-refractivity contribution in [3.05, 3.63) is 108 Å². The fourth-order valence-electron chi connectivity index (χ4n) is 11.6. The lowest BCUT2D eigenvalue weighted by Gasteiger charge is -2.51. The van der Waals surface area contributed by atoms with Crippen LogP contribution in [-0.2, 0) is 0 Å². The summed E-state index contributed by atoms with van der Waals surface area (Å²) in [5, 5.41) is 0. The molecule has 0 aromatic heterocycles. The Hall–Kier alpha value is -2.34. The molecular formula is C51H74. The fraction of sp³-hybridized carbons (Fsp3) is 0.647. The van der Waals surface area contributed by atoms with E-state index >= 15 is 0 Å². The van der Waals surface area contributed by atoms with E-state index < -0.39 is 0 Å². The van der Waals surface area contributed by atoms with E-state index in [0.717, 1.165) is 6.42 Å². The van der Waals surface area contributed by atoms with Gasteiger partial charge < -0.3 is 0 Å². The molecule has 0 saturated heterocycles. The van der Waals surface area contributed by atoms with Crippen molar-refractivity contribution < 1.29 is 0 Å². The van der Waals surface area contributed by atoms with Gasteiger partial charge in [-0.05, 0) is 128 Å². The molecule has 0 aromatic carbocycles. The van der Waals surface area contributed by atoms with E-state index in [1.165, 1.54) is 48.0 Å². The predicted octanol–water partition coefficient (Wildman–Crippen LogP) is 14.5. The summed E-state index contributed by atoms with van der Waals surface area (Å²) in [7, 11) is 0. The number of allylic oxidation sites excluding steroid dienone is 17. The second kappa shape index (κ2) is 13.5. The highest BCUT2D eigenvalue weighted by atomic mass is 14.7. The maximum Gasteiger partial charge on any atom is -0.00952 e. The molecule has 0 heteroatoms. The van der Waals surface area contributed by atoms with E-state index in [1.807, 2.05) is 0 Å². The summed E-state index contributed by atoms with van der Waals surface area (Å²) in [6.45, 7) is 35.9. The molecule has 8 atom stereocenters. The lowest BCUT2D eigenvalue weighted by Crippen LogP contribution is -2.45. The van der Waals surface area contributed by atoms with E-state index in [9.17, 15) is 0 Å². The van der Waals surface area contributed by atoms with Gasteiger partial charge in [0.2, 0.25) is 0 Å². The predicted molar refractivity (Wildman–Crippen MR) is 223 cm³/mol. The van der Waals surface area contributed by atoms with Crippen molar-refractivity contribution in [2.24, 2.45) is 86.3 Å². The third kappa shape index (κ3) is 7.18. The van der Waals surface area contributed by atoms with E-state index in [0.29, 0.717) is 59.2 Å². The number of fused-ring (bicyclic) bond motifs is 6. The van der Waals surface area contributed by atoms with E-state index in [1.54, 1.807) is 0 Å². The van der Waals surface area contributed by atoms with E-state index in [4.69, 9.17) is 0 Å². The lowest BCUT2D eigenvalue weighted by atomic mass is 9.53.